The minimum atomic E-state index is -1.01. The molecule has 138 valence electrons. The van der Waals surface area contributed by atoms with Crippen molar-refractivity contribution in [1.82, 2.24) is 15.5 Å². The van der Waals surface area contributed by atoms with Crippen LogP contribution in [-0.2, 0) is 9.59 Å². The molecule has 0 radical (unpaired) electrons. The quantitative estimate of drug-likeness (QED) is 0.559. The second kappa shape index (κ2) is 10.9. The topological polar surface area (TPSA) is 98.7 Å². The molecular weight excluding hydrogens is 310 g/mol. The zero-order valence-electron chi connectivity index (χ0n) is 14.8. The molecule has 0 spiro atoms. The van der Waals surface area contributed by atoms with Crippen LogP contribution in [0.15, 0.2) is 0 Å². The number of hydrogen-bond acceptors (Lipinski definition) is 3. The fourth-order valence-electron chi connectivity index (χ4n) is 2.92. The van der Waals surface area contributed by atoms with Crippen LogP contribution in [0.25, 0.3) is 0 Å². The lowest BCUT2D eigenvalue weighted by molar-refractivity contribution is -0.146. The van der Waals surface area contributed by atoms with Gasteiger partial charge >= 0.3 is 12.0 Å². The number of rotatable bonds is 9. The van der Waals surface area contributed by atoms with E-state index in [-0.39, 0.29) is 37.0 Å². The monoisotopic (exact) mass is 341 g/mol. The average Bonchev–Trinajstić information content (AvgIpc) is 2.56. The lowest BCUT2D eigenvalue weighted by Crippen LogP contribution is -2.44. The van der Waals surface area contributed by atoms with E-state index in [1.165, 1.54) is 11.3 Å². The van der Waals surface area contributed by atoms with Crippen LogP contribution in [0.1, 0.15) is 65.2 Å². The van der Waals surface area contributed by atoms with E-state index in [1.54, 1.807) is 0 Å². The van der Waals surface area contributed by atoms with Gasteiger partial charge in [-0.3, -0.25) is 9.59 Å². The van der Waals surface area contributed by atoms with E-state index in [0.717, 1.165) is 25.7 Å². The number of carbonyl (C=O) groups excluding carboxylic acids is 2. The Kier molecular flexibility index (Phi) is 9.19. The molecule has 1 rings (SSSR count). The van der Waals surface area contributed by atoms with Crippen molar-refractivity contribution >= 4 is 17.9 Å². The maximum absolute atomic E-state index is 12.2. The van der Waals surface area contributed by atoms with Crippen LogP contribution < -0.4 is 10.6 Å². The first-order valence-corrected chi connectivity index (χ1v) is 8.99. The first-order chi connectivity index (χ1) is 11.4. The summed E-state index contributed by atoms with van der Waals surface area (Å²) in [5.74, 6) is -1.19. The summed E-state index contributed by atoms with van der Waals surface area (Å²) in [6.45, 7) is 3.90. The standard InChI is InChI=1S/C17H31N3O4/c1-3-13(2)20(12-16(22)23)15(21)10-7-11-18-17(24)19-14-8-5-4-6-9-14/h13-14H,3-12H2,1-2H3,(H,22,23)(H2,18,19,24). The molecule has 0 aromatic rings. The number of urea groups is 1. The summed E-state index contributed by atoms with van der Waals surface area (Å²) < 4.78 is 0. The normalized spacial score (nSPS) is 16.2. The third kappa shape index (κ3) is 7.66. The van der Waals surface area contributed by atoms with E-state index in [1.807, 2.05) is 13.8 Å². The number of carboxylic acid groups (broad SMARTS) is 1. The van der Waals surface area contributed by atoms with Crippen molar-refractivity contribution in [3.05, 3.63) is 0 Å². The van der Waals surface area contributed by atoms with E-state index in [2.05, 4.69) is 10.6 Å². The highest BCUT2D eigenvalue weighted by molar-refractivity contribution is 5.81. The molecular formula is C17H31N3O4. The molecule has 1 saturated carbocycles. The van der Waals surface area contributed by atoms with E-state index in [0.29, 0.717) is 19.4 Å². The number of nitrogens with zero attached hydrogens (tertiary/aromatic N) is 1. The van der Waals surface area contributed by atoms with Crippen molar-refractivity contribution < 1.29 is 19.5 Å². The summed E-state index contributed by atoms with van der Waals surface area (Å²) >= 11 is 0. The van der Waals surface area contributed by atoms with Crippen molar-refractivity contribution in [2.45, 2.75) is 77.3 Å². The van der Waals surface area contributed by atoms with Gasteiger partial charge in [0.15, 0.2) is 0 Å². The molecule has 0 saturated heterocycles. The molecule has 0 aromatic carbocycles. The van der Waals surface area contributed by atoms with Crippen LogP contribution in [0.2, 0.25) is 0 Å². The second-order valence-corrected chi connectivity index (χ2v) is 6.51. The van der Waals surface area contributed by atoms with Crippen LogP contribution in [0.4, 0.5) is 4.79 Å². The van der Waals surface area contributed by atoms with Gasteiger partial charge < -0.3 is 20.6 Å². The Labute approximate surface area is 144 Å². The Morgan fingerprint density at radius 2 is 1.88 bits per heavy atom. The van der Waals surface area contributed by atoms with E-state index >= 15 is 0 Å². The first-order valence-electron chi connectivity index (χ1n) is 8.99. The smallest absolute Gasteiger partial charge is 0.323 e. The largest absolute Gasteiger partial charge is 0.480 e. The molecule has 0 bridgehead atoms. The van der Waals surface area contributed by atoms with Gasteiger partial charge in [-0.2, -0.15) is 0 Å². The molecule has 0 heterocycles. The Morgan fingerprint density at radius 1 is 1.21 bits per heavy atom. The summed E-state index contributed by atoms with van der Waals surface area (Å²) in [6.07, 6.45) is 7.08. The van der Waals surface area contributed by atoms with Crippen LogP contribution in [0.5, 0.6) is 0 Å². The van der Waals surface area contributed by atoms with Gasteiger partial charge in [0, 0.05) is 25.0 Å². The van der Waals surface area contributed by atoms with Gasteiger partial charge in [0.2, 0.25) is 5.91 Å². The second-order valence-electron chi connectivity index (χ2n) is 6.51. The minimum absolute atomic E-state index is 0.101. The molecule has 1 aliphatic rings. The lowest BCUT2D eigenvalue weighted by Gasteiger charge is -2.27. The van der Waals surface area contributed by atoms with Crippen molar-refractivity contribution in [3.63, 3.8) is 0 Å². The van der Waals surface area contributed by atoms with Crippen molar-refractivity contribution in [3.8, 4) is 0 Å². The van der Waals surface area contributed by atoms with Gasteiger partial charge in [-0.1, -0.05) is 26.2 Å². The van der Waals surface area contributed by atoms with Gasteiger partial charge in [-0.15, -0.1) is 0 Å². The third-order valence-electron chi connectivity index (χ3n) is 4.54. The maximum atomic E-state index is 12.2. The Morgan fingerprint density at radius 3 is 2.46 bits per heavy atom. The fourth-order valence-corrected chi connectivity index (χ4v) is 2.92. The number of carboxylic acids is 1. The fraction of sp³-hybridized carbons (Fsp3) is 0.824. The number of amides is 3. The molecule has 1 aliphatic carbocycles. The Balaban J connectivity index is 2.25. The number of aliphatic carboxylic acids is 1. The van der Waals surface area contributed by atoms with Crippen molar-refractivity contribution in [1.29, 1.82) is 0 Å². The highest BCUT2D eigenvalue weighted by Gasteiger charge is 2.21. The molecule has 3 N–H and O–H groups in total. The third-order valence-corrected chi connectivity index (χ3v) is 4.54. The number of nitrogens with one attached hydrogen (secondary N) is 2. The first kappa shape index (κ1) is 20.3. The van der Waals surface area contributed by atoms with Gasteiger partial charge in [0.1, 0.15) is 6.54 Å². The van der Waals surface area contributed by atoms with Crippen molar-refractivity contribution in [2.75, 3.05) is 13.1 Å². The summed E-state index contributed by atoms with van der Waals surface area (Å²) in [5, 5.41) is 14.6. The Bertz CT molecular complexity index is 422. The summed E-state index contributed by atoms with van der Waals surface area (Å²) in [7, 11) is 0. The Hall–Kier alpha value is -1.79. The van der Waals surface area contributed by atoms with Crippen LogP contribution in [-0.4, -0.2) is 53.1 Å². The maximum Gasteiger partial charge on any atom is 0.323 e. The molecule has 7 heteroatoms. The number of carbonyl (C=O) groups is 3. The molecule has 7 nitrogen and oxygen atoms in total. The molecule has 1 fully saturated rings. The van der Waals surface area contributed by atoms with E-state index in [9.17, 15) is 14.4 Å². The molecule has 1 unspecified atom stereocenters. The van der Waals surface area contributed by atoms with Crippen LogP contribution in [0.3, 0.4) is 0 Å². The summed E-state index contributed by atoms with van der Waals surface area (Å²) in [4.78, 5) is 36.2. The minimum Gasteiger partial charge on any atom is -0.480 e. The zero-order valence-corrected chi connectivity index (χ0v) is 14.8. The highest BCUT2D eigenvalue weighted by atomic mass is 16.4. The predicted molar refractivity (Wildman–Crippen MR) is 91.7 cm³/mol. The summed E-state index contributed by atoms with van der Waals surface area (Å²) in [6, 6.07) is -0.0216. The molecule has 0 aromatic heterocycles. The molecule has 0 aliphatic heterocycles. The lowest BCUT2D eigenvalue weighted by atomic mass is 9.96. The zero-order chi connectivity index (χ0) is 17.9. The van der Waals surface area contributed by atoms with Crippen LogP contribution in [0, 0.1) is 0 Å². The van der Waals surface area contributed by atoms with Gasteiger partial charge in [0.25, 0.3) is 0 Å². The van der Waals surface area contributed by atoms with Gasteiger partial charge in [-0.05, 0) is 32.6 Å². The average molecular weight is 341 g/mol. The molecule has 3 amide bonds. The highest BCUT2D eigenvalue weighted by Crippen LogP contribution is 2.17. The predicted octanol–water partition coefficient (Wildman–Crippen LogP) is 2.11. The SMILES string of the molecule is CCC(C)N(CC(=O)O)C(=O)CCCNC(=O)NC1CCCCC1. The molecule has 1 atom stereocenters. The number of hydrogen-bond donors (Lipinski definition) is 3. The van der Waals surface area contributed by atoms with E-state index < -0.39 is 5.97 Å². The summed E-state index contributed by atoms with van der Waals surface area (Å²) in [5.41, 5.74) is 0. The van der Waals surface area contributed by atoms with Crippen molar-refractivity contribution in [2.24, 2.45) is 0 Å². The van der Waals surface area contributed by atoms with E-state index in [4.69, 9.17) is 5.11 Å². The van der Waals surface area contributed by atoms with Crippen LogP contribution >= 0.6 is 0 Å². The molecule has 24 heavy (non-hydrogen) atoms. The van der Waals surface area contributed by atoms with Gasteiger partial charge in [-0.25, -0.2) is 4.79 Å². The van der Waals surface area contributed by atoms with Gasteiger partial charge in [0.05, 0.1) is 0 Å².